The summed E-state index contributed by atoms with van der Waals surface area (Å²) in [6.45, 7) is 5.84. The van der Waals surface area contributed by atoms with Crippen molar-refractivity contribution < 1.29 is 24.1 Å². The predicted molar refractivity (Wildman–Crippen MR) is 128 cm³/mol. The van der Waals surface area contributed by atoms with Gasteiger partial charge in [-0.2, -0.15) is 0 Å². The van der Waals surface area contributed by atoms with E-state index in [0.717, 1.165) is 36.5 Å². The molecule has 3 aromatic rings. The maximum absolute atomic E-state index is 14.9. The van der Waals surface area contributed by atoms with Crippen LogP contribution < -0.4 is 9.47 Å². The zero-order valence-electron chi connectivity index (χ0n) is 19.3. The van der Waals surface area contributed by atoms with Crippen LogP contribution in [-0.2, 0) is 0 Å². The molecule has 0 radical (unpaired) electrons. The largest absolute Gasteiger partial charge is 0.508 e. The zero-order valence-corrected chi connectivity index (χ0v) is 19.3. The molecule has 5 rings (SSSR count). The molecule has 0 aromatic heterocycles. The number of ether oxygens (including phenoxy) is 2. The van der Waals surface area contributed by atoms with Gasteiger partial charge >= 0.3 is 0 Å². The number of phenols is 2. The summed E-state index contributed by atoms with van der Waals surface area (Å²) in [6.07, 6.45) is 2.17. The highest BCUT2D eigenvalue weighted by Gasteiger charge is 2.40. The van der Waals surface area contributed by atoms with Crippen LogP contribution in [0.15, 0.2) is 60.7 Å². The van der Waals surface area contributed by atoms with E-state index in [1.54, 1.807) is 18.2 Å². The van der Waals surface area contributed by atoms with Gasteiger partial charge in [-0.3, -0.25) is 4.90 Å². The Morgan fingerprint density at radius 3 is 2.32 bits per heavy atom. The molecule has 0 bridgehead atoms. The van der Waals surface area contributed by atoms with Gasteiger partial charge in [0.15, 0.2) is 11.6 Å². The van der Waals surface area contributed by atoms with Gasteiger partial charge in [0.05, 0.1) is 0 Å². The third-order valence-electron chi connectivity index (χ3n) is 7.06. The summed E-state index contributed by atoms with van der Waals surface area (Å²) < 4.78 is 27.2. The van der Waals surface area contributed by atoms with E-state index in [2.05, 4.69) is 4.90 Å². The van der Waals surface area contributed by atoms with Gasteiger partial charge in [0.2, 0.25) is 0 Å². The second kappa shape index (κ2) is 9.55. The summed E-state index contributed by atoms with van der Waals surface area (Å²) in [5.74, 6) is -0.0860. The Morgan fingerprint density at radius 1 is 0.941 bits per heavy atom. The highest BCUT2D eigenvalue weighted by Crippen LogP contribution is 2.52. The van der Waals surface area contributed by atoms with E-state index in [-0.39, 0.29) is 29.4 Å². The van der Waals surface area contributed by atoms with Crippen LogP contribution in [0, 0.1) is 5.82 Å². The van der Waals surface area contributed by atoms with Gasteiger partial charge in [0.25, 0.3) is 0 Å². The molecular formula is C28H30FNO4. The first kappa shape index (κ1) is 22.5. The van der Waals surface area contributed by atoms with Crippen LogP contribution in [-0.4, -0.2) is 41.4 Å². The van der Waals surface area contributed by atoms with Crippen molar-refractivity contribution in [2.75, 3.05) is 26.2 Å². The molecule has 5 nitrogen and oxygen atoms in total. The number of fused-ring (bicyclic) bond motifs is 1. The summed E-state index contributed by atoms with van der Waals surface area (Å²) in [7, 11) is 0. The Bertz CT molecular complexity index is 1130. The molecule has 1 fully saturated rings. The van der Waals surface area contributed by atoms with Crippen molar-refractivity contribution in [1.29, 1.82) is 0 Å². The van der Waals surface area contributed by atoms with Crippen molar-refractivity contribution in [3.8, 4) is 23.0 Å². The summed E-state index contributed by atoms with van der Waals surface area (Å²) in [4.78, 5) is 2.42. The number of benzene rings is 3. The maximum Gasteiger partial charge on any atom is 0.171 e. The topological polar surface area (TPSA) is 62.2 Å². The van der Waals surface area contributed by atoms with E-state index in [4.69, 9.17) is 9.47 Å². The Morgan fingerprint density at radius 2 is 1.62 bits per heavy atom. The molecule has 34 heavy (non-hydrogen) atoms. The van der Waals surface area contributed by atoms with Crippen molar-refractivity contribution >= 4 is 0 Å². The van der Waals surface area contributed by atoms with Crippen LogP contribution in [0.3, 0.4) is 0 Å². The van der Waals surface area contributed by atoms with E-state index in [0.29, 0.717) is 17.9 Å². The number of hydrogen-bond donors (Lipinski definition) is 2. The monoisotopic (exact) mass is 463 g/mol. The summed E-state index contributed by atoms with van der Waals surface area (Å²) in [5.41, 5.74) is 2.25. The lowest BCUT2D eigenvalue weighted by Crippen LogP contribution is -2.28. The van der Waals surface area contributed by atoms with Crippen molar-refractivity contribution in [2.24, 2.45) is 0 Å². The quantitative estimate of drug-likeness (QED) is 0.489. The van der Waals surface area contributed by atoms with Gasteiger partial charge in [-0.1, -0.05) is 31.2 Å². The van der Waals surface area contributed by atoms with Crippen molar-refractivity contribution in [3.05, 3.63) is 83.2 Å². The molecule has 1 saturated heterocycles. The number of nitrogens with zero attached hydrogens (tertiary/aromatic N) is 1. The smallest absolute Gasteiger partial charge is 0.171 e. The molecule has 3 atom stereocenters. The van der Waals surface area contributed by atoms with E-state index in [1.807, 2.05) is 43.3 Å². The van der Waals surface area contributed by atoms with E-state index >= 15 is 0 Å². The van der Waals surface area contributed by atoms with Gasteiger partial charge in [-0.15, -0.1) is 0 Å². The third-order valence-corrected chi connectivity index (χ3v) is 7.06. The Balaban J connectivity index is 1.41. The molecule has 3 aromatic carbocycles. The van der Waals surface area contributed by atoms with Crippen LogP contribution in [0.1, 0.15) is 54.4 Å². The molecule has 2 N–H and O–H groups in total. The maximum atomic E-state index is 14.9. The molecule has 0 unspecified atom stereocenters. The molecule has 6 heteroatoms. The zero-order chi connectivity index (χ0) is 23.7. The highest BCUT2D eigenvalue weighted by atomic mass is 19.1. The number of hydrogen-bond acceptors (Lipinski definition) is 5. The minimum atomic E-state index is -0.644. The Labute approximate surface area is 199 Å². The van der Waals surface area contributed by atoms with Gasteiger partial charge in [-0.25, -0.2) is 4.39 Å². The molecule has 0 aliphatic carbocycles. The van der Waals surface area contributed by atoms with Crippen molar-refractivity contribution in [2.45, 2.75) is 37.7 Å². The molecule has 0 saturated carbocycles. The van der Waals surface area contributed by atoms with Crippen LogP contribution >= 0.6 is 0 Å². The highest BCUT2D eigenvalue weighted by molar-refractivity contribution is 5.49. The fourth-order valence-electron chi connectivity index (χ4n) is 5.23. The lowest BCUT2D eigenvalue weighted by atomic mass is 9.75. The number of likely N-dealkylation sites (tertiary alicyclic amines) is 1. The Kier molecular flexibility index (Phi) is 6.33. The van der Waals surface area contributed by atoms with Crippen LogP contribution in [0.2, 0.25) is 0 Å². The number of phenolic OH excluding ortho intramolecular Hbond substituents is 2. The lowest BCUT2D eigenvalue weighted by molar-refractivity contribution is 0.133. The summed E-state index contributed by atoms with van der Waals surface area (Å²) >= 11 is 0. The second-order valence-corrected chi connectivity index (χ2v) is 9.22. The lowest BCUT2D eigenvalue weighted by Gasteiger charge is -2.39. The SMILES string of the molecule is C[C@@H]1c2c(ccc(O)c2F)O[C@@H](c2ccc(OCCN3CCCC3)cc2)[C@H]1c1ccc(O)cc1. The predicted octanol–water partition coefficient (Wildman–Crippen LogP) is 5.73. The molecule has 0 amide bonds. The molecule has 0 spiro atoms. The van der Waals surface area contributed by atoms with Gasteiger partial charge in [0.1, 0.15) is 30.0 Å². The number of rotatable bonds is 6. The van der Waals surface area contributed by atoms with Crippen LogP contribution in [0.4, 0.5) is 4.39 Å². The van der Waals surface area contributed by atoms with E-state index < -0.39 is 5.82 Å². The van der Waals surface area contributed by atoms with Crippen LogP contribution in [0.5, 0.6) is 23.0 Å². The van der Waals surface area contributed by atoms with E-state index in [9.17, 15) is 14.6 Å². The van der Waals surface area contributed by atoms with Gasteiger partial charge in [-0.05, 0) is 79.4 Å². The first-order valence-electron chi connectivity index (χ1n) is 11.9. The molecule has 178 valence electrons. The second-order valence-electron chi connectivity index (χ2n) is 9.22. The average Bonchev–Trinajstić information content (AvgIpc) is 3.36. The molecule has 2 aliphatic heterocycles. The standard InChI is InChI=1S/C28H30FNO4/c1-18-25(19-4-8-21(31)9-5-19)28(34-24-13-12-23(32)27(29)26(18)24)20-6-10-22(11-7-20)33-17-16-30-14-2-3-15-30/h4-13,18,25,28,31-32H,2-3,14-17H2,1H3/t18-,25+,28-/m0/s1. The van der Waals surface area contributed by atoms with Crippen LogP contribution in [0.25, 0.3) is 0 Å². The minimum Gasteiger partial charge on any atom is -0.508 e. The third kappa shape index (κ3) is 4.42. The molecular weight excluding hydrogens is 433 g/mol. The molecule has 2 aliphatic rings. The summed E-state index contributed by atoms with van der Waals surface area (Å²) in [6, 6.07) is 17.8. The van der Waals surface area contributed by atoms with Gasteiger partial charge < -0.3 is 19.7 Å². The first-order chi connectivity index (χ1) is 16.5. The minimum absolute atomic E-state index is 0.171. The fraction of sp³-hybridized carbons (Fsp3) is 0.357. The van der Waals surface area contributed by atoms with E-state index in [1.165, 1.54) is 18.9 Å². The van der Waals surface area contributed by atoms with Crippen molar-refractivity contribution in [1.82, 2.24) is 4.90 Å². The number of aromatic hydroxyl groups is 2. The summed E-state index contributed by atoms with van der Waals surface area (Å²) in [5, 5.41) is 19.7. The van der Waals surface area contributed by atoms with Crippen molar-refractivity contribution in [3.63, 3.8) is 0 Å². The molecule has 2 heterocycles. The average molecular weight is 464 g/mol. The van der Waals surface area contributed by atoms with Gasteiger partial charge in [0, 0.05) is 18.0 Å². The number of halogens is 1. The Hall–Kier alpha value is -3.25. The normalized spacial score (nSPS) is 22.2. The fourth-order valence-corrected chi connectivity index (χ4v) is 5.23. The first-order valence-corrected chi connectivity index (χ1v) is 11.9.